The monoisotopic (exact) mass is 356 g/mol. The first-order valence-corrected chi connectivity index (χ1v) is 9.28. The second-order valence-electron chi connectivity index (χ2n) is 7.12. The van der Waals surface area contributed by atoms with Gasteiger partial charge in [0.2, 0.25) is 5.91 Å². The summed E-state index contributed by atoms with van der Waals surface area (Å²) in [5.41, 5.74) is 0.900. The Kier molecular flexibility index (Phi) is 4.88. The zero-order valence-corrected chi connectivity index (χ0v) is 14.8. The van der Waals surface area contributed by atoms with Crippen LogP contribution in [0.3, 0.4) is 0 Å². The van der Waals surface area contributed by atoms with Gasteiger partial charge in [0, 0.05) is 25.6 Å². The Morgan fingerprint density at radius 2 is 1.96 bits per heavy atom. The number of benzene rings is 1. The molecule has 0 radical (unpaired) electrons. The molecule has 1 N–H and O–H groups in total. The van der Waals surface area contributed by atoms with Crippen molar-refractivity contribution < 1.29 is 9.53 Å². The van der Waals surface area contributed by atoms with Gasteiger partial charge < -0.3 is 9.64 Å². The Labute approximate surface area is 152 Å². The van der Waals surface area contributed by atoms with Crippen molar-refractivity contribution in [3.63, 3.8) is 0 Å². The van der Waals surface area contributed by atoms with Crippen molar-refractivity contribution in [2.24, 2.45) is 5.92 Å². The van der Waals surface area contributed by atoms with Crippen LogP contribution in [0.25, 0.3) is 0 Å². The summed E-state index contributed by atoms with van der Waals surface area (Å²) in [5, 5.41) is 6.88. The van der Waals surface area contributed by atoms with Gasteiger partial charge in [-0.15, -0.1) is 0 Å². The molecule has 1 aromatic carbocycles. The van der Waals surface area contributed by atoms with Gasteiger partial charge in [0.25, 0.3) is 0 Å². The molecule has 0 unspecified atom stereocenters. The van der Waals surface area contributed by atoms with E-state index in [0.717, 1.165) is 30.7 Å². The molecule has 4 rings (SSSR count). The highest BCUT2D eigenvalue weighted by Gasteiger charge is 2.32. The number of ether oxygens (including phenoxy) is 1. The predicted octanol–water partition coefficient (Wildman–Crippen LogP) is 1.36. The number of carbonyl (C=O) groups excluding carboxylic acids is 1. The molecule has 0 aliphatic carbocycles. The Bertz CT molecular complexity index is 800. The zero-order chi connectivity index (χ0) is 17.9. The van der Waals surface area contributed by atoms with E-state index in [9.17, 15) is 9.59 Å². The van der Waals surface area contributed by atoms with E-state index in [-0.39, 0.29) is 23.4 Å². The fraction of sp³-hybridized carbons (Fsp3) is 0.526. The van der Waals surface area contributed by atoms with Crippen molar-refractivity contribution in [1.29, 1.82) is 0 Å². The van der Waals surface area contributed by atoms with Gasteiger partial charge in [0.1, 0.15) is 5.82 Å². The van der Waals surface area contributed by atoms with Crippen LogP contribution in [0.4, 0.5) is 0 Å². The van der Waals surface area contributed by atoms with E-state index >= 15 is 0 Å². The SMILES string of the molecule is O=C([C@H]1CCOC1)N1CCC(c2n[nH]c(=O)n2Cc2ccccc2)CC1. The largest absolute Gasteiger partial charge is 0.381 e. The third kappa shape index (κ3) is 3.44. The zero-order valence-electron chi connectivity index (χ0n) is 14.8. The van der Waals surface area contributed by atoms with Gasteiger partial charge in [-0.3, -0.25) is 9.36 Å². The molecule has 7 heteroatoms. The highest BCUT2D eigenvalue weighted by atomic mass is 16.5. The number of aromatic nitrogens is 3. The standard InChI is InChI=1S/C19H24N4O3/c24-18(16-8-11-26-13-16)22-9-6-15(7-10-22)17-20-21-19(25)23(17)12-14-4-2-1-3-5-14/h1-5,15-16H,6-13H2,(H,21,25)/t16-/m0/s1. The van der Waals surface area contributed by atoms with Crippen LogP contribution in [-0.2, 0) is 16.1 Å². The molecular weight excluding hydrogens is 332 g/mol. The first kappa shape index (κ1) is 17.0. The van der Waals surface area contributed by atoms with E-state index in [4.69, 9.17) is 4.74 Å². The number of piperidine rings is 1. The van der Waals surface area contributed by atoms with Crippen LogP contribution in [-0.4, -0.2) is 51.9 Å². The van der Waals surface area contributed by atoms with Crippen LogP contribution in [0.15, 0.2) is 35.1 Å². The molecule has 0 saturated carbocycles. The van der Waals surface area contributed by atoms with Crippen LogP contribution in [0, 0.1) is 5.92 Å². The molecular formula is C19H24N4O3. The Balaban J connectivity index is 1.43. The molecule has 2 fully saturated rings. The van der Waals surface area contributed by atoms with Crippen molar-refractivity contribution in [2.45, 2.75) is 31.7 Å². The van der Waals surface area contributed by atoms with Crippen molar-refractivity contribution in [3.8, 4) is 0 Å². The summed E-state index contributed by atoms with van der Waals surface area (Å²) in [6.07, 6.45) is 2.49. The van der Waals surface area contributed by atoms with E-state index < -0.39 is 0 Å². The molecule has 1 atom stereocenters. The minimum absolute atomic E-state index is 0.0215. The lowest BCUT2D eigenvalue weighted by atomic mass is 9.94. The second kappa shape index (κ2) is 7.45. The normalized spacial score (nSPS) is 21.2. The Hall–Kier alpha value is -2.41. The van der Waals surface area contributed by atoms with Crippen molar-refractivity contribution in [1.82, 2.24) is 19.7 Å². The van der Waals surface area contributed by atoms with Gasteiger partial charge in [-0.05, 0) is 24.8 Å². The minimum atomic E-state index is -0.175. The fourth-order valence-corrected chi connectivity index (χ4v) is 3.91. The lowest BCUT2D eigenvalue weighted by Gasteiger charge is -2.33. The Morgan fingerprint density at radius 3 is 2.65 bits per heavy atom. The molecule has 26 heavy (non-hydrogen) atoms. The highest BCUT2D eigenvalue weighted by Crippen LogP contribution is 2.28. The topological polar surface area (TPSA) is 80.2 Å². The average Bonchev–Trinajstić information content (AvgIpc) is 3.33. The number of likely N-dealkylation sites (tertiary alicyclic amines) is 1. The minimum Gasteiger partial charge on any atom is -0.381 e. The van der Waals surface area contributed by atoms with E-state index in [1.54, 1.807) is 4.57 Å². The predicted molar refractivity (Wildman–Crippen MR) is 95.9 cm³/mol. The summed E-state index contributed by atoms with van der Waals surface area (Å²) in [7, 11) is 0. The number of carbonyl (C=O) groups is 1. The smallest absolute Gasteiger partial charge is 0.343 e. The quantitative estimate of drug-likeness (QED) is 0.897. The maximum atomic E-state index is 12.5. The molecule has 2 aromatic rings. The molecule has 0 bridgehead atoms. The second-order valence-corrected chi connectivity index (χ2v) is 7.12. The first-order chi connectivity index (χ1) is 12.7. The maximum absolute atomic E-state index is 12.5. The highest BCUT2D eigenvalue weighted by molar-refractivity contribution is 5.79. The number of nitrogens with one attached hydrogen (secondary N) is 1. The van der Waals surface area contributed by atoms with Crippen LogP contribution >= 0.6 is 0 Å². The molecule has 3 heterocycles. The number of hydrogen-bond donors (Lipinski definition) is 1. The van der Waals surface area contributed by atoms with Gasteiger partial charge in [-0.1, -0.05) is 30.3 Å². The van der Waals surface area contributed by atoms with Gasteiger partial charge in [0.05, 0.1) is 19.1 Å². The molecule has 2 aliphatic heterocycles. The first-order valence-electron chi connectivity index (χ1n) is 9.28. The number of aromatic amines is 1. The summed E-state index contributed by atoms with van der Waals surface area (Å²) in [5.74, 6) is 1.23. The van der Waals surface area contributed by atoms with Crippen LogP contribution in [0.5, 0.6) is 0 Å². The van der Waals surface area contributed by atoms with E-state index in [1.807, 2.05) is 35.2 Å². The van der Waals surface area contributed by atoms with Gasteiger partial charge >= 0.3 is 5.69 Å². The van der Waals surface area contributed by atoms with Crippen molar-refractivity contribution >= 4 is 5.91 Å². The molecule has 2 aliphatic rings. The van der Waals surface area contributed by atoms with E-state index in [1.165, 1.54) is 0 Å². The van der Waals surface area contributed by atoms with Crippen LogP contribution in [0.2, 0.25) is 0 Å². The third-order valence-corrected chi connectivity index (χ3v) is 5.42. The molecule has 2 saturated heterocycles. The maximum Gasteiger partial charge on any atom is 0.343 e. The number of amides is 1. The lowest BCUT2D eigenvalue weighted by Crippen LogP contribution is -2.42. The summed E-state index contributed by atoms with van der Waals surface area (Å²) < 4.78 is 7.06. The van der Waals surface area contributed by atoms with E-state index in [0.29, 0.717) is 32.8 Å². The van der Waals surface area contributed by atoms with Crippen molar-refractivity contribution in [2.75, 3.05) is 26.3 Å². The Morgan fingerprint density at radius 1 is 1.19 bits per heavy atom. The lowest BCUT2D eigenvalue weighted by molar-refractivity contribution is -0.136. The summed E-state index contributed by atoms with van der Waals surface area (Å²) in [4.78, 5) is 26.7. The fourth-order valence-electron chi connectivity index (χ4n) is 3.91. The summed E-state index contributed by atoms with van der Waals surface area (Å²) in [6.45, 7) is 3.18. The average molecular weight is 356 g/mol. The molecule has 0 spiro atoms. The molecule has 1 aromatic heterocycles. The summed E-state index contributed by atoms with van der Waals surface area (Å²) in [6, 6.07) is 9.92. The number of hydrogen-bond acceptors (Lipinski definition) is 4. The van der Waals surface area contributed by atoms with Gasteiger partial charge in [0.15, 0.2) is 0 Å². The van der Waals surface area contributed by atoms with Crippen LogP contribution < -0.4 is 5.69 Å². The molecule has 1 amide bonds. The van der Waals surface area contributed by atoms with E-state index in [2.05, 4.69) is 10.2 Å². The molecule has 7 nitrogen and oxygen atoms in total. The third-order valence-electron chi connectivity index (χ3n) is 5.42. The number of rotatable bonds is 4. The summed E-state index contributed by atoms with van der Waals surface area (Å²) >= 11 is 0. The van der Waals surface area contributed by atoms with Gasteiger partial charge in [-0.2, -0.15) is 5.10 Å². The van der Waals surface area contributed by atoms with Crippen LogP contribution in [0.1, 0.15) is 36.6 Å². The van der Waals surface area contributed by atoms with Gasteiger partial charge in [-0.25, -0.2) is 9.89 Å². The number of nitrogens with zero attached hydrogens (tertiary/aromatic N) is 3. The molecule has 138 valence electrons. The van der Waals surface area contributed by atoms with Crippen molar-refractivity contribution in [3.05, 3.63) is 52.2 Å². The number of H-pyrrole nitrogens is 1.